The Morgan fingerprint density at radius 2 is 1.52 bits per heavy atom. The molecule has 10 nitrogen and oxygen atoms in total. The topological polar surface area (TPSA) is 124 Å². The zero-order valence-electron chi connectivity index (χ0n) is 17.5. The Hall–Kier alpha value is -4.60. The summed E-state index contributed by atoms with van der Waals surface area (Å²) < 4.78 is 5.57. The van der Waals surface area contributed by atoms with E-state index in [-0.39, 0.29) is 18.4 Å². The Balaban J connectivity index is 1.39. The number of benzene rings is 1. The lowest BCUT2D eigenvalue weighted by Crippen LogP contribution is -2.33. The van der Waals surface area contributed by atoms with Gasteiger partial charge in [-0.1, -0.05) is 12.1 Å². The number of carbonyl (C=O) groups is 2. The van der Waals surface area contributed by atoms with Gasteiger partial charge in [0.2, 0.25) is 5.88 Å². The summed E-state index contributed by atoms with van der Waals surface area (Å²) in [5.74, 6) is 0.0923. The fourth-order valence-electron chi connectivity index (χ4n) is 3.60. The van der Waals surface area contributed by atoms with E-state index in [1.165, 1.54) is 17.3 Å². The molecule has 0 spiro atoms. The van der Waals surface area contributed by atoms with E-state index in [0.717, 1.165) is 0 Å². The number of ether oxygens (including phenoxy) is 1. The molecule has 10 heteroatoms. The summed E-state index contributed by atoms with van der Waals surface area (Å²) in [5.41, 5.74) is 2.05. The summed E-state index contributed by atoms with van der Waals surface area (Å²) >= 11 is 0. The Morgan fingerprint density at radius 1 is 0.818 bits per heavy atom. The molecule has 1 aliphatic heterocycles. The predicted molar refractivity (Wildman–Crippen MR) is 115 cm³/mol. The predicted octanol–water partition coefficient (Wildman–Crippen LogP) is 2.66. The molecule has 3 aromatic heterocycles. The maximum atomic E-state index is 12.9. The highest BCUT2D eigenvalue weighted by Crippen LogP contribution is 2.33. The highest BCUT2D eigenvalue weighted by atomic mass is 16.5. The van der Waals surface area contributed by atoms with Crippen molar-refractivity contribution in [2.75, 3.05) is 0 Å². The van der Waals surface area contributed by atoms with Crippen LogP contribution in [0.25, 0.3) is 11.4 Å². The first-order valence-corrected chi connectivity index (χ1v) is 10.1. The molecule has 162 valence electrons. The molecule has 1 unspecified atom stereocenters. The minimum Gasteiger partial charge on any atom is -0.468 e. The number of fused-ring (bicyclic) bond motifs is 1. The summed E-state index contributed by atoms with van der Waals surface area (Å²) in [4.78, 5) is 44.0. The van der Waals surface area contributed by atoms with E-state index in [1.807, 2.05) is 0 Å². The number of hydrogen-bond donors (Lipinski definition) is 0. The second-order valence-corrected chi connectivity index (χ2v) is 7.20. The molecule has 0 radical (unpaired) electrons. The van der Waals surface area contributed by atoms with Gasteiger partial charge in [-0.2, -0.15) is 0 Å². The molecular weight excluding hydrogens is 422 g/mol. The van der Waals surface area contributed by atoms with Gasteiger partial charge in [-0.05, 0) is 31.2 Å². The van der Waals surface area contributed by atoms with Crippen LogP contribution in [-0.4, -0.2) is 46.8 Å². The van der Waals surface area contributed by atoms with Crippen LogP contribution in [0.1, 0.15) is 45.2 Å². The van der Waals surface area contributed by atoms with Crippen LogP contribution in [0.15, 0.2) is 67.3 Å². The molecule has 0 fully saturated rings. The average molecular weight is 439 g/mol. The number of aromatic nitrogens is 6. The van der Waals surface area contributed by atoms with Crippen LogP contribution in [0.3, 0.4) is 0 Å². The van der Waals surface area contributed by atoms with Gasteiger partial charge in [0.15, 0.2) is 5.82 Å². The van der Waals surface area contributed by atoms with Crippen molar-refractivity contribution in [3.8, 4) is 17.3 Å². The zero-order chi connectivity index (χ0) is 22.8. The number of imide groups is 1. The lowest BCUT2D eigenvalue weighted by atomic mass is 10.1. The van der Waals surface area contributed by atoms with E-state index in [9.17, 15) is 9.59 Å². The van der Waals surface area contributed by atoms with Crippen molar-refractivity contribution >= 4 is 11.8 Å². The van der Waals surface area contributed by atoms with Gasteiger partial charge >= 0.3 is 0 Å². The summed E-state index contributed by atoms with van der Waals surface area (Å²) in [6.45, 7) is 1.89. The van der Waals surface area contributed by atoms with E-state index < -0.39 is 6.04 Å². The second-order valence-electron chi connectivity index (χ2n) is 7.20. The van der Waals surface area contributed by atoms with Crippen molar-refractivity contribution in [1.29, 1.82) is 0 Å². The van der Waals surface area contributed by atoms with Crippen LogP contribution >= 0.6 is 0 Å². The van der Waals surface area contributed by atoms with Gasteiger partial charge in [-0.15, -0.1) is 10.2 Å². The molecule has 1 atom stereocenters. The van der Waals surface area contributed by atoms with Crippen LogP contribution in [0.4, 0.5) is 0 Å². The summed E-state index contributed by atoms with van der Waals surface area (Å²) in [5, 5.41) is 8.29. The fourth-order valence-corrected chi connectivity index (χ4v) is 3.60. The first kappa shape index (κ1) is 20.3. The van der Waals surface area contributed by atoms with Gasteiger partial charge in [0, 0.05) is 30.9 Å². The molecule has 0 bridgehead atoms. The van der Waals surface area contributed by atoms with Crippen LogP contribution in [0.5, 0.6) is 5.88 Å². The van der Waals surface area contributed by atoms with E-state index in [0.29, 0.717) is 39.9 Å². The summed E-state index contributed by atoms with van der Waals surface area (Å²) in [6.07, 6.45) is 6.29. The first-order valence-electron chi connectivity index (χ1n) is 10.1. The molecule has 0 saturated heterocycles. The lowest BCUT2D eigenvalue weighted by molar-refractivity contribution is 0.0592. The number of nitrogens with zero attached hydrogens (tertiary/aromatic N) is 7. The average Bonchev–Trinajstić information content (AvgIpc) is 3.13. The Bertz CT molecular complexity index is 1290. The third-order valence-electron chi connectivity index (χ3n) is 5.19. The minimum absolute atomic E-state index is 0.155. The normalized spacial score (nSPS) is 13.7. The molecule has 4 heterocycles. The van der Waals surface area contributed by atoms with Gasteiger partial charge in [-0.25, -0.2) is 9.97 Å². The molecular formula is C23H17N7O3. The van der Waals surface area contributed by atoms with Crippen molar-refractivity contribution in [3.63, 3.8) is 0 Å². The SMILES string of the molecule is CC(c1nccnc1-c1ccc(OCc2ncccn2)nn1)N1C(=O)c2ccccc2C1=O. The Morgan fingerprint density at radius 3 is 2.18 bits per heavy atom. The van der Waals surface area contributed by atoms with Crippen LogP contribution < -0.4 is 4.74 Å². The molecule has 1 aromatic carbocycles. The molecule has 0 N–H and O–H groups in total. The molecule has 33 heavy (non-hydrogen) atoms. The lowest BCUT2D eigenvalue weighted by Gasteiger charge is -2.23. The van der Waals surface area contributed by atoms with Gasteiger partial charge in [0.25, 0.3) is 11.8 Å². The molecule has 0 saturated carbocycles. The number of carbonyl (C=O) groups excluding carboxylic acids is 2. The smallest absolute Gasteiger partial charge is 0.262 e. The molecule has 1 aliphatic rings. The van der Waals surface area contributed by atoms with Crippen molar-refractivity contribution in [2.24, 2.45) is 0 Å². The van der Waals surface area contributed by atoms with Gasteiger partial charge in [0.05, 0.1) is 22.9 Å². The van der Waals surface area contributed by atoms with Crippen molar-refractivity contribution < 1.29 is 14.3 Å². The second kappa shape index (κ2) is 8.50. The Labute approximate surface area is 188 Å². The highest BCUT2D eigenvalue weighted by Gasteiger charge is 2.40. The third-order valence-corrected chi connectivity index (χ3v) is 5.19. The van der Waals surface area contributed by atoms with E-state index in [2.05, 4.69) is 30.1 Å². The van der Waals surface area contributed by atoms with Crippen LogP contribution in [0, 0.1) is 0 Å². The number of amides is 2. The minimum atomic E-state index is -0.658. The third kappa shape index (κ3) is 3.78. The summed E-state index contributed by atoms with van der Waals surface area (Å²) in [6, 6.07) is 11.2. The van der Waals surface area contributed by atoms with Crippen LogP contribution in [0.2, 0.25) is 0 Å². The summed E-state index contributed by atoms with van der Waals surface area (Å²) in [7, 11) is 0. The quantitative estimate of drug-likeness (QED) is 0.417. The van der Waals surface area contributed by atoms with Gasteiger partial charge in [-0.3, -0.25) is 24.5 Å². The fraction of sp³-hybridized carbons (Fsp3) is 0.130. The molecule has 0 aliphatic carbocycles. The maximum Gasteiger partial charge on any atom is 0.262 e. The zero-order valence-corrected chi connectivity index (χ0v) is 17.5. The van der Waals surface area contributed by atoms with Crippen molar-refractivity contribution in [2.45, 2.75) is 19.6 Å². The standard InChI is InChI=1S/C23H17N7O3/c1-14(30-22(31)15-5-2-3-6-16(15)23(30)32)20-21(27-12-11-26-20)17-7-8-19(29-28-17)33-13-18-24-9-4-10-25-18/h2-12,14H,13H2,1H3. The largest absolute Gasteiger partial charge is 0.468 e. The highest BCUT2D eigenvalue weighted by molar-refractivity contribution is 6.21. The van der Waals surface area contributed by atoms with Gasteiger partial charge in [0.1, 0.15) is 18.0 Å². The van der Waals surface area contributed by atoms with Gasteiger partial charge < -0.3 is 4.74 Å². The molecule has 2 amide bonds. The monoisotopic (exact) mass is 439 g/mol. The Kier molecular flexibility index (Phi) is 5.23. The molecule has 4 aromatic rings. The van der Waals surface area contributed by atoms with E-state index in [1.54, 1.807) is 61.8 Å². The molecule has 5 rings (SSSR count). The first-order chi connectivity index (χ1) is 16.1. The van der Waals surface area contributed by atoms with E-state index in [4.69, 9.17) is 4.74 Å². The van der Waals surface area contributed by atoms with Crippen LogP contribution in [-0.2, 0) is 6.61 Å². The van der Waals surface area contributed by atoms with Crippen molar-refractivity contribution in [1.82, 2.24) is 35.0 Å². The van der Waals surface area contributed by atoms with E-state index >= 15 is 0 Å². The maximum absolute atomic E-state index is 12.9. The number of rotatable bonds is 6. The number of hydrogen-bond acceptors (Lipinski definition) is 9. The van der Waals surface area contributed by atoms with Crippen molar-refractivity contribution in [3.05, 3.63) is 89.9 Å².